The number of amides is 2. The van der Waals surface area contributed by atoms with E-state index < -0.39 is 19.4 Å². The van der Waals surface area contributed by atoms with Crippen LogP contribution in [0.2, 0.25) is 30.8 Å². The molecule has 1 spiro atoms. The van der Waals surface area contributed by atoms with E-state index in [9.17, 15) is 18.4 Å². The van der Waals surface area contributed by atoms with E-state index in [0.717, 1.165) is 11.6 Å². The summed E-state index contributed by atoms with van der Waals surface area (Å²) < 4.78 is 35.9. The predicted molar refractivity (Wildman–Crippen MR) is 161 cm³/mol. The van der Waals surface area contributed by atoms with Gasteiger partial charge in [0.1, 0.15) is 12.5 Å². The van der Waals surface area contributed by atoms with E-state index in [-0.39, 0.29) is 42.6 Å². The minimum Gasteiger partial charge on any atom is -0.361 e. The minimum atomic E-state index is -1.35. The van der Waals surface area contributed by atoms with Gasteiger partial charge < -0.3 is 19.1 Å². The molecule has 43 heavy (non-hydrogen) atoms. The van der Waals surface area contributed by atoms with Gasteiger partial charge >= 0.3 is 0 Å². The summed E-state index contributed by atoms with van der Waals surface area (Å²) in [6, 6.07) is 11.7. The Labute approximate surface area is 254 Å². The molecule has 1 unspecified atom stereocenters. The largest absolute Gasteiger partial charge is 0.361 e. The number of hydrogen-bond donors (Lipinski definition) is 0. The first-order chi connectivity index (χ1) is 20.5. The molecule has 0 radical (unpaired) electrons. The summed E-state index contributed by atoms with van der Waals surface area (Å²) in [5, 5.41) is -0.245. The van der Waals surface area contributed by atoms with Gasteiger partial charge in [-0.15, -0.1) is 0 Å². The van der Waals surface area contributed by atoms with Crippen LogP contribution < -0.4 is 0 Å². The van der Waals surface area contributed by atoms with E-state index >= 15 is 0 Å². The summed E-state index contributed by atoms with van der Waals surface area (Å²) in [4.78, 5) is 40.0. The fraction of sp³-hybridized carbons (Fsp3) is 0.355. The minimum absolute atomic E-state index is 0.0522. The standard InChI is InChI=1S/C31H32ClF2N5O3Si/c1-43(2,3)13-12-42-19-38-22(14-26-27(38)15-25(34)28(32)36-26)18-39-29(40)23-8-10-35-16-24(23)31(39)9-11-37(30(31)41)17-20-4-6-21(33)7-5-20/h4-8,10,14-16H,9,11-13,17-19H2,1-3H3. The van der Waals surface area contributed by atoms with Crippen molar-refractivity contribution >= 4 is 42.5 Å². The Balaban J connectivity index is 1.37. The van der Waals surface area contributed by atoms with E-state index in [4.69, 9.17) is 16.3 Å². The third-order valence-electron chi connectivity index (χ3n) is 8.29. The van der Waals surface area contributed by atoms with E-state index in [0.29, 0.717) is 47.4 Å². The number of likely N-dealkylation sites (tertiary alicyclic amines) is 1. The van der Waals surface area contributed by atoms with Gasteiger partial charge in [0.25, 0.3) is 11.8 Å². The molecule has 12 heteroatoms. The monoisotopic (exact) mass is 623 g/mol. The lowest BCUT2D eigenvalue weighted by atomic mass is 9.89. The van der Waals surface area contributed by atoms with E-state index in [1.165, 1.54) is 18.2 Å². The number of pyridine rings is 2. The molecule has 8 nitrogen and oxygen atoms in total. The van der Waals surface area contributed by atoms with Crippen LogP contribution in [0.4, 0.5) is 8.78 Å². The molecular formula is C31H32ClF2N5O3Si. The number of rotatable bonds is 9. The highest BCUT2D eigenvalue weighted by atomic mass is 35.5. The molecule has 0 bridgehead atoms. The van der Waals surface area contributed by atoms with Crippen LogP contribution >= 0.6 is 11.6 Å². The molecule has 2 aliphatic heterocycles. The summed E-state index contributed by atoms with van der Waals surface area (Å²) >= 11 is 6.02. The van der Waals surface area contributed by atoms with Gasteiger partial charge in [0, 0.05) is 69.5 Å². The number of carbonyl (C=O) groups excluding carboxylic acids is 2. The molecule has 0 aliphatic carbocycles. The lowest BCUT2D eigenvalue weighted by Gasteiger charge is -2.34. The summed E-state index contributed by atoms with van der Waals surface area (Å²) in [7, 11) is -1.35. The second kappa shape index (κ2) is 11.1. The van der Waals surface area contributed by atoms with Crippen LogP contribution in [-0.4, -0.2) is 57.4 Å². The van der Waals surface area contributed by atoms with Crippen molar-refractivity contribution in [3.05, 3.63) is 94.0 Å². The number of benzene rings is 1. The van der Waals surface area contributed by atoms with Crippen LogP contribution in [0, 0.1) is 11.6 Å². The smallest absolute Gasteiger partial charge is 0.255 e. The number of ether oxygens (including phenoxy) is 1. The van der Waals surface area contributed by atoms with E-state index in [2.05, 4.69) is 29.6 Å². The highest BCUT2D eigenvalue weighted by Gasteiger charge is 2.59. The van der Waals surface area contributed by atoms with Gasteiger partial charge in [0.15, 0.2) is 16.5 Å². The fourth-order valence-corrected chi connectivity index (χ4v) is 6.87. The number of hydrogen-bond acceptors (Lipinski definition) is 5. The molecule has 1 saturated heterocycles. The van der Waals surface area contributed by atoms with Crippen molar-refractivity contribution in [2.75, 3.05) is 13.2 Å². The van der Waals surface area contributed by atoms with Crippen molar-refractivity contribution in [2.24, 2.45) is 0 Å². The Morgan fingerprint density at radius 3 is 2.58 bits per heavy atom. The van der Waals surface area contributed by atoms with Gasteiger partial charge in [0.05, 0.1) is 17.6 Å². The maximum Gasteiger partial charge on any atom is 0.255 e. The van der Waals surface area contributed by atoms with Crippen LogP contribution in [0.25, 0.3) is 11.0 Å². The summed E-state index contributed by atoms with van der Waals surface area (Å²) in [5.41, 5.74) is 2.09. The Kier molecular flexibility index (Phi) is 7.60. The maximum atomic E-state index is 14.6. The van der Waals surface area contributed by atoms with Gasteiger partial charge in [-0.3, -0.25) is 14.6 Å². The summed E-state index contributed by atoms with van der Waals surface area (Å²) in [6.07, 6.45) is 3.50. The van der Waals surface area contributed by atoms with Crippen LogP contribution in [-0.2, 0) is 34.9 Å². The van der Waals surface area contributed by atoms with Crippen molar-refractivity contribution in [3.8, 4) is 0 Å². The van der Waals surface area contributed by atoms with Crippen LogP contribution in [0.5, 0.6) is 0 Å². The first-order valence-corrected chi connectivity index (χ1v) is 18.3. The quantitative estimate of drug-likeness (QED) is 0.131. The van der Waals surface area contributed by atoms with Crippen LogP contribution in [0.1, 0.15) is 33.6 Å². The molecule has 1 aromatic carbocycles. The van der Waals surface area contributed by atoms with Gasteiger partial charge in [-0.2, -0.15) is 0 Å². The Hall–Kier alpha value is -3.67. The zero-order valence-corrected chi connectivity index (χ0v) is 26.0. The van der Waals surface area contributed by atoms with Crippen molar-refractivity contribution in [2.45, 2.75) is 57.5 Å². The second-order valence-corrected chi connectivity index (χ2v) is 18.3. The third kappa shape index (κ3) is 5.34. The SMILES string of the molecule is C[Si](C)(C)CCOCn1c(CN2C(=O)c3ccncc3C23CCN(Cc2ccc(F)cc2)C3=O)cc2nc(Cl)c(F)cc21. The zero-order chi connectivity index (χ0) is 30.5. The normalized spacial score (nSPS) is 18.5. The van der Waals surface area contributed by atoms with Crippen molar-refractivity contribution in [1.29, 1.82) is 0 Å². The maximum absolute atomic E-state index is 14.6. The molecule has 6 rings (SSSR count). The average Bonchev–Trinajstić information content (AvgIpc) is 3.54. The zero-order valence-electron chi connectivity index (χ0n) is 24.2. The molecule has 0 saturated carbocycles. The molecule has 4 aromatic rings. The summed E-state index contributed by atoms with van der Waals surface area (Å²) in [6.45, 7) is 8.19. The second-order valence-electron chi connectivity index (χ2n) is 12.4. The number of carbonyl (C=O) groups is 2. The average molecular weight is 624 g/mol. The molecule has 5 heterocycles. The summed E-state index contributed by atoms with van der Waals surface area (Å²) in [5.74, 6) is -1.52. The molecule has 1 fully saturated rings. The van der Waals surface area contributed by atoms with Crippen LogP contribution in [0.3, 0.4) is 0 Å². The van der Waals surface area contributed by atoms with Crippen molar-refractivity contribution in [3.63, 3.8) is 0 Å². The third-order valence-corrected chi connectivity index (χ3v) is 10.3. The van der Waals surface area contributed by atoms with Gasteiger partial charge in [-0.25, -0.2) is 13.8 Å². The molecule has 3 aromatic heterocycles. The first-order valence-electron chi connectivity index (χ1n) is 14.2. The number of nitrogens with zero attached hydrogens (tertiary/aromatic N) is 5. The first kappa shape index (κ1) is 29.4. The predicted octanol–water partition coefficient (Wildman–Crippen LogP) is 5.96. The number of aromatic nitrogens is 3. The van der Waals surface area contributed by atoms with Crippen molar-refractivity contribution < 1.29 is 23.1 Å². The van der Waals surface area contributed by atoms with E-state index in [1.807, 2.05) is 0 Å². The van der Waals surface area contributed by atoms with Crippen LogP contribution in [0.15, 0.2) is 54.9 Å². The highest BCUT2D eigenvalue weighted by Crippen LogP contribution is 2.47. The van der Waals surface area contributed by atoms with Gasteiger partial charge in [-0.05, 0) is 35.9 Å². The Morgan fingerprint density at radius 1 is 1.07 bits per heavy atom. The lowest BCUT2D eigenvalue weighted by molar-refractivity contribution is -0.137. The Morgan fingerprint density at radius 2 is 1.84 bits per heavy atom. The molecule has 0 N–H and O–H groups in total. The van der Waals surface area contributed by atoms with Gasteiger partial charge in [0.2, 0.25) is 0 Å². The number of halogens is 3. The van der Waals surface area contributed by atoms with E-state index in [1.54, 1.807) is 51.0 Å². The van der Waals surface area contributed by atoms with Crippen molar-refractivity contribution in [1.82, 2.24) is 24.3 Å². The molecule has 224 valence electrons. The molecule has 2 amide bonds. The fourth-order valence-electron chi connectivity index (χ4n) is 5.97. The molecule has 1 atom stereocenters. The molecule has 2 aliphatic rings. The highest BCUT2D eigenvalue weighted by molar-refractivity contribution is 6.76. The van der Waals surface area contributed by atoms with Gasteiger partial charge in [-0.1, -0.05) is 43.4 Å². The number of fused-ring (bicyclic) bond motifs is 3. The lowest BCUT2D eigenvalue weighted by Crippen LogP contribution is -2.49. The topological polar surface area (TPSA) is 80.6 Å². The molecular weight excluding hydrogens is 592 g/mol. The Bertz CT molecular complexity index is 1730.